The van der Waals surface area contributed by atoms with Gasteiger partial charge in [-0.25, -0.2) is 9.18 Å². The van der Waals surface area contributed by atoms with Crippen LogP contribution < -0.4 is 10.7 Å². The summed E-state index contributed by atoms with van der Waals surface area (Å²) in [5.41, 5.74) is 2.23. The smallest absolute Gasteiger partial charge is 0.407 e. The van der Waals surface area contributed by atoms with E-state index in [1.807, 2.05) is 0 Å². The fourth-order valence-electron chi connectivity index (χ4n) is 3.71. The molecule has 2 aromatic carbocycles. The Morgan fingerprint density at radius 2 is 2.11 bits per heavy atom. The van der Waals surface area contributed by atoms with Gasteiger partial charge >= 0.3 is 5.76 Å². The zero-order valence-corrected chi connectivity index (χ0v) is 15.0. The molecule has 28 heavy (non-hydrogen) atoms. The molecule has 0 unspecified atom stereocenters. The van der Waals surface area contributed by atoms with Crippen LogP contribution in [0.4, 0.5) is 15.8 Å². The predicted molar refractivity (Wildman–Crippen MR) is 98.9 cm³/mol. The second kappa shape index (κ2) is 6.59. The molecule has 1 amide bonds. The van der Waals surface area contributed by atoms with Crippen molar-refractivity contribution in [2.75, 3.05) is 11.4 Å². The molecule has 9 heteroatoms. The molecule has 0 bridgehead atoms. The number of halogens is 1. The molecule has 8 nitrogen and oxygen atoms in total. The van der Waals surface area contributed by atoms with Gasteiger partial charge in [0.1, 0.15) is 12.4 Å². The Morgan fingerprint density at radius 1 is 1.32 bits per heavy atom. The maximum atomic E-state index is 13.7. The Labute approximate surface area is 157 Å². The number of non-ortho nitro benzene ring substituents is 1. The van der Waals surface area contributed by atoms with E-state index in [9.17, 15) is 24.1 Å². The van der Waals surface area contributed by atoms with Crippen molar-refractivity contribution in [1.29, 1.82) is 0 Å². The van der Waals surface area contributed by atoms with Crippen LogP contribution in [0.2, 0.25) is 0 Å². The molecule has 0 radical (unpaired) electrons. The van der Waals surface area contributed by atoms with E-state index >= 15 is 0 Å². The van der Waals surface area contributed by atoms with E-state index < -0.39 is 10.7 Å². The van der Waals surface area contributed by atoms with E-state index in [0.717, 1.165) is 16.2 Å². The van der Waals surface area contributed by atoms with Crippen LogP contribution in [0.3, 0.4) is 0 Å². The molecule has 3 aromatic rings. The highest BCUT2D eigenvalue weighted by Gasteiger charge is 2.26. The minimum atomic E-state index is -0.767. The standard InChI is InChI=1S/C19H16FN3O5/c1-11-7-13(20)8-12-3-2-6-21(18(11)12)17(24)10-22-15-5-4-14(23(26)27)9-16(15)28-19(22)25/h4-5,7-9H,2-3,6,10H2,1H3. The summed E-state index contributed by atoms with van der Waals surface area (Å²) in [6.45, 7) is 1.93. The lowest BCUT2D eigenvalue weighted by molar-refractivity contribution is -0.384. The van der Waals surface area contributed by atoms with Crippen LogP contribution in [-0.2, 0) is 17.8 Å². The zero-order chi connectivity index (χ0) is 20.0. The van der Waals surface area contributed by atoms with E-state index in [1.165, 1.54) is 24.3 Å². The number of nitro groups is 1. The molecular weight excluding hydrogens is 369 g/mol. The number of nitro benzene ring substituents is 1. The molecule has 1 aromatic heterocycles. The maximum Gasteiger partial charge on any atom is 0.420 e. The van der Waals surface area contributed by atoms with Gasteiger partial charge in [0.25, 0.3) is 5.69 Å². The molecule has 0 atom stereocenters. The Bertz CT molecular complexity index is 1180. The van der Waals surface area contributed by atoms with E-state index in [-0.39, 0.29) is 29.5 Å². The van der Waals surface area contributed by atoms with Crippen molar-refractivity contribution < 1.29 is 18.5 Å². The number of carbonyl (C=O) groups is 1. The van der Waals surface area contributed by atoms with E-state index in [1.54, 1.807) is 11.8 Å². The van der Waals surface area contributed by atoms with Crippen LogP contribution >= 0.6 is 0 Å². The molecule has 144 valence electrons. The van der Waals surface area contributed by atoms with Gasteiger partial charge in [0, 0.05) is 18.3 Å². The number of fused-ring (bicyclic) bond motifs is 2. The molecule has 0 spiro atoms. The number of nitrogens with zero attached hydrogens (tertiary/aromatic N) is 3. The van der Waals surface area contributed by atoms with Crippen LogP contribution in [0.15, 0.2) is 39.5 Å². The second-order valence-electron chi connectivity index (χ2n) is 6.74. The number of rotatable bonds is 3. The number of oxazole rings is 1. The summed E-state index contributed by atoms with van der Waals surface area (Å²) in [6, 6.07) is 6.60. The first-order valence-electron chi connectivity index (χ1n) is 8.72. The van der Waals surface area contributed by atoms with E-state index in [2.05, 4.69) is 0 Å². The number of aryl methyl sites for hydroxylation is 2. The molecule has 0 fully saturated rings. The third-order valence-corrected chi connectivity index (χ3v) is 4.90. The van der Waals surface area contributed by atoms with Crippen LogP contribution in [0.1, 0.15) is 17.5 Å². The Hall–Kier alpha value is -3.49. The number of benzene rings is 2. The fraction of sp³-hybridized carbons (Fsp3) is 0.263. The van der Waals surface area contributed by atoms with Crippen molar-refractivity contribution >= 4 is 28.4 Å². The molecule has 4 rings (SSSR count). The van der Waals surface area contributed by atoms with Gasteiger partial charge in [-0.3, -0.25) is 19.5 Å². The molecule has 2 heterocycles. The van der Waals surface area contributed by atoms with Gasteiger partial charge in [-0.15, -0.1) is 0 Å². The molecular formula is C19H16FN3O5. The lowest BCUT2D eigenvalue weighted by atomic mass is 9.98. The van der Waals surface area contributed by atoms with Crippen LogP contribution in [-0.4, -0.2) is 21.9 Å². The number of hydrogen-bond acceptors (Lipinski definition) is 5. The van der Waals surface area contributed by atoms with Crippen LogP contribution in [0.5, 0.6) is 0 Å². The van der Waals surface area contributed by atoms with Gasteiger partial charge in [-0.1, -0.05) is 0 Å². The first-order chi connectivity index (χ1) is 13.3. The average Bonchev–Trinajstić information content (AvgIpc) is 2.95. The number of carbonyl (C=O) groups excluding carboxylic acids is 1. The van der Waals surface area contributed by atoms with Gasteiger partial charge in [0.05, 0.1) is 16.5 Å². The predicted octanol–water partition coefficient (Wildman–Crippen LogP) is 2.93. The van der Waals surface area contributed by atoms with E-state index in [4.69, 9.17) is 4.42 Å². The molecule has 0 N–H and O–H groups in total. The summed E-state index contributed by atoms with van der Waals surface area (Å²) < 4.78 is 19.9. The SMILES string of the molecule is Cc1cc(F)cc2c1N(C(=O)Cn1c(=O)oc3cc([N+](=O)[O-])ccc31)CCC2. The summed E-state index contributed by atoms with van der Waals surface area (Å²) in [5, 5.41) is 10.9. The summed E-state index contributed by atoms with van der Waals surface area (Å²) >= 11 is 0. The molecule has 1 aliphatic heterocycles. The largest absolute Gasteiger partial charge is 0.420 e. The number of hydrogen-bond donors (Lipinski definition) is 0. The topological polar surface area (TPSA) is 98.6 Å². The number of anilines is 1. The Kier molecular flexibility index (Phi) is 4.21. The third kappa shape index (κ3) is 2.94. The van der Waals surface area contributed by atoms with Gasteiger partial charge in [-0.05, 0) is 49.1 Å². The highest BCUT2D eigenvalue weighted by molar-refractivity contribution is 5.96. The Balaban J connectivity index is 1.70. The first-order valence-corrected chi connectivity index (χ1v) is 8.72. The monoisotopic (exact) mass is 385 g/mol. The highest BCUT2D eigenvalue weighted by Crippen LogP contribution is 2.32. The number of aromatic nitrogens is 1. The first kappa shape index (κ1) is 17.9. The van der Waals surface area contributed by atoms with Gasteiger partial charge in [0.2, 0.25) is 5.91 Å². The molecule has 0 saturated carbocycles. The van der Waals surface area contributed by atoms with Gasteiger partial charge < -0.3 is 9.32 Å². The quantitative estimate of drug-likeness (QED) is 0.510. The zero-order valence-electron chi connectivity index (χ0n) is 15.0. The van der Waals surface area contributed by atoms with Gasteiger partial charge in [-0.2, -0.15) is 0 Å². The van der Waals surface area contributed by atoms with Crippen LogP contribution in [0.25, 0.3) is 11.1 Å². The summed E-state index contributed by atoms with van der Waals surface area (Å²) in [7, 11) is 0. The lowest BCUT2D eigenvalue weighted by Gasteiger charge is -2.31. The maximum absolute atomic E-state index is 13.7. The van der Waals surface area contributed by atoms with Crippen LogP contribution in [0, 0.1) is 22.9 Å². The minimum Gasteiger partial charge on any atom is -0.407 e. The van der Waals surface area contributed by atoms with Gasteiger partial charge in [0.15, 0.2) is 5.58 Å². The lowest BCUT2D eigenvalue weighted by Crippen LogP contribution is -2.39. The van der Waals surface area contributed by atoms with Crippen molar-refractivity contribution in [3.8, 4) is 0 Å². The van der Waals surface area contributed by atoms with Crippen molar-refractivity contribution in [3.63, 3.8) is 0 Å². The second-order valence-corrected chi connectivity index (χ2v) is 6.74. The van der Waals surface area contributed by atoms with Crippen molar-refractivity contribution in [2.24, 2.45) is 0 Å². The van der Waals surface area contributed by atoms with E-state index in [0.29, 0.717) is 36.2 Å². The molecule has 0 aliphatic carbocycles. The van der Waals surface area contributed by atoms with Crippen molar-refractivity contribution in [3.05, 3.63) is 67.9 Å². The third-order valence-electron chi connectivity index (χ3n) is 4.90. The molecule has 0 saturated heterocycles. The molecule has 1 aliphatic rings. The highest BCUT2D eigenvalue weighted by atomic mass is 19.1. The van der Waals surface area contributed by atoms with Crippen molar-refractivity contribution in [1.82, 2.24) is 4.57 Å². The summed E-state index contributed by atoms with van der Waals surface area (Å²) in [6.07, 6.45) is 1.37. The minimum absolute atomic E-state index is 0.0456. The number of amides is 1. The normalized spacial score (nSPS) is 13.6. The Morgan fingerprint density at radius 3 is 2.86 bits per heavy atom. The summed E-state index contributed by atoms with van der Waals surface area (Å²) in [5.74, 6) is -1.44. The summed E-state index contributed by atoms with van der Waals surface area (Å²) in [4.78, 5) is 37.0. The fourth-order valence-corrected chi connectivity index (χ4v) is 3.71. The van der Waals surface area contributed by atoms with Crippen molar-refractivity contribution in [2.45, 2.75) is 26.3 Å². The average molecular weight is 385 g/mol.